The van der Waals surface area contributed by atoms with Crippen molar-refractivity contribution in [3.63, 3.8) is 0 Å². The van der Waals surface area contributed by atoms with Gasteiger partial charge in [-0.1, -0.05) is 63.4 Å². The first-order valence-corrected chi connectivity index (χ1v) is 12.0. The largest absolute Gasteiger partial charge is 0.493 e. The van der Waals surface area contributed by atoms with Crippen LogP contribution in [0, 0.1) is 0 Å². The van der Waals surface area contributed by atoms with Crippen LogP contribution in [-0.2, 0) is 11.4 Å². The maximum Gasteiger partial charge on any atom is 0.298 e. The Labute approximate surface area is 213 Å². The highest BCUT2D eigenvalue weighted by Gasteiger charge is 2.37. The van der Waals surface area contributed by atoms with Crippen molar-refractivity contribution in [1.29, 1.82) is 0 Å². The molecule has 0 atom stereocenters. The lowest BCUT2D eigenvalue weighted by atomic mass is 10.1. The van der Waals surface area contributed by atoms with Crippen LogP contribution in [0.3, 0.4) is 0 Å². The Morgan fingerprint density at radius 1 is 1.03 bits per heavy atom. The number of halogens is 3. The topological polar surface area (TPSA) is 55.8 Å². The van der Waals surface area contributed by atoms with Gasteiger partial charge in [0, 0.05) is 9.50 Å². The molecule has 0 aromatic heterocycles. The molecule has 0 radical (unpaired) electrons. The average Bonchev–Trinajstić information content (AvgIpc) is 3.08. The Morgan fingerprint density at radius 2 is 1.76 bits per heavy atom. The van der Waals surface area contributed by atoms with Gasteiger partial charge in [-0.15, -0.1) is 0 Å². The predicted molar refractivity (Wildman–Crippen MR) is 136 cm³/mol. The molecule has 0 aliphatic carbocycles. The van der Waals surface area contributed by atoms with E-state index in [1.54, 1.807) is 54.6 Å². The first-order chi connectivity index (χ1) is 15.9. The monoisotopic (exact) mass is 563 g/mol. The van der Waals surface area contributed by atoms with Crippen LogP contribution in [0.1, 0.15) is 11.1 Å². The third-order valence-corrected chi connectivity index (χ3v) is 6.89. The first kappa shape index (κ1) is 23.7. The van der Waals surface area contributed by atoms with Crippen molar-refractivity contribution in [2.45, 2.75) is 6.61 Å². The summed E-state index contributed by atoms with van der Waals surface area (Å²) in [7, 11) is 1.54. The van der Waals surface area contributed by atoms with E-state index in [2.05, 4.69) is 15.9 Å². The molecule has 33 heavy (non-hydrogen) atoms. The molecule has 0 saturated carbocycles. The Balaban J connectivity index is 1.59. The molecule has 4 rings (SSSR count). The van der Waals surface area contributed by atoms with Crippen LogP contribution in [-0.4, -0.2) is 18.3 Å². The molecule has 0 spiro atoms. The summed E-state index contributed by atoms with van der Waals surface area (Å²) in [6.07, 6.45) is 1.64. The lowest BCUT2D eigenvalue weighted by Gasteiger charge is -2.14. The van der Waals surface area contributed by atoms with E-state index in [0.29, 0.717) is 43.9 Å². The smallest absolute Gasteiger partial charge is 0.298 e. The molecule has 5 nitrogen and oxygen atoms in total. The minimum Gasteiger partial charge on any atom is -0.493 e. The van der Waals surface area contributed by atoms with Gasteiger partial charge in [0.15, 0.2) is 11.5 Å². The number of methoxy groups -OCH3 is 1. The number of ether oxygens (including phenoxy) is 2. The van der Waals surface area contributed by atoms with Crippen molar-refractivity contribution in [2.75, 3.05) is 12.0 Å². The molecule has 1 aliphatic heterocycles. The first-order valence-electron chi connectivity index (χ1n) is 9.64. The summed E-state index contributed by atoms with van der Waals surface area (Å²) >= 11 is 16.5. The SMILES string of the molecule is COc1cc(/C=C2\SC(=O)N(c3ccccc3Cl)C2=O)c(Br)cc1OCc1ccc(Cl)cc1. The van der Waals surface area contributed by atoms with Crippen LogP contribution in [0.25, 0.3) is 6.08 Å². The van der Waals surface area contributed by atoms with Gasteiger partial charge in [0.2, 0.25) is 0 Å². The third-order valence-electron chi connectivity index (χ3n) is 4.76. The van der Waals surface area contributed by atoms with Crippen LogP contribution >= 0.6 is 50.9 Å². The third kappa shape index (κ3) is 5.22. The zero-order chi connectivity index (χ0) is 23.5. The summed E-state index contributed by atoms with van der Waals surface area (Å²) in [6, 6.07) is 17.6. The Kier molecular flexibility index (Phi) is 7.34. The van der Waals surface area contributed by atoms with Gasteiger partial charge in [-0.3, -0.25) is 9.59 Å². The van der Waals surface area contributed by atoms with Crippen LogP contribution in [0.5, 0.6) is 11.5 Å². The summed E-state index contributed by atoms with van der Waals surface area (Å²) in [6.45, 7) is 0.329. The molecule has 3 aromatic carbocycles. The van der Waals surface area contributed by atoms with Crippen molar-refractivity contribution in [3.8, 4) is 11.5 Å². The summed E-state index contributed by atoms with van der Waals surface area (Å²) < 4.78 is 12.1. The Morgan fingerprint density at radius 3 is 2.45 bits per heavy atom. The zero-order valence-electron chi connectivity index (χ0n) is 17.2. The van der Waals surface area contributed by atoms with E-state index >= 15 is 0 Å². The molecule has 1 aliphatic rings. The van der Waals surface area contributed by atoms with Gasteiger partial charge in [-0.05, 0) is 65.4 Å². The lowest BCUT2D eigenvalue weighted by Crippen LogP contribution is -2.27. The molecule has 3 aromatic rings. The van der Waals surface area contributed by atoms with E-state index in [9.17, 15) is 9.59 Å². The van der Waals surface area contributed by atoms with Crippen LogP contribution < -0.4 is 14.4 Å². The minimum absolute atomic E-state index is 0.275. The second-order valence-corrected chi connectivity index (χ2v) is 9.60. The highest BCUT2D eigenvalue weighted by Crippen LogP contribution is 2.41. The van der Waals surface area contributed by atoms with E-state index in [4.69, 9.17) is 32.7 Å². The zero-order valence-corrected chi connectivity index (χ0v) is 21.1. The molecule has 168 valence electrons. The van der Waals surface area contributed by atoms with E-state index in [1.165, 1.54) is 7.11 Å². The van der Waals surface area contributed by atoms with Crippen LogP contribution in [0.15, 0.2) is 70.0 Å². The number of hydrogen-bond donors (Lipinski definition) is 0. The number of hydrogen-bond acceptors (Lipinski definition) is 5. The molecule has 0 unspecified atom stereocenters. The number of imide groups is 1. The van der Waals surface area contributed by atoms with Gasteiger partial charge in [0.1, 0.15) is 6.61 Å². The Bertz CT molecular complexity index is 1260. The average molecular weight is 565 g/mol. The van der Waals surface area contributed by atoms with Gasteiger partial charge >= 0.3 is 0 Å². The van der Waals surface area contributed by atoms with Crippen LogP contribution in [0.2, 0.25) is 10.0 Å². The fourth-order valence-electron chi connectivity index (χ4n) is 3.13. The Hall–Kier alpha value is -2.45. The molecular formula is C24H16BrCl2NO4S. The quantitative estimate of drug-likeness (QED) is 0.289. The second kappa shape index (κ2) is 10.2. The van der Waals surface area contributed by atoms with E-state index in [-0.39, 0.29) is 4.91 Å². The maximum atomic E-state index is 13.0. The van der Waals surface area contributed by atoms with Gasteiger partial charge in [-0.25, -0.2) is 4.90 Å². The molecule has 1 fully saturated rings. The van der Waals surface area contributed by atoms with Crippen molar-refractivity contribution in [3.05, 3.63) is 91.2 Å². The lowest BCUT2D eigenvalue weighted by molar-refractivity contribution is -0.113. The number of para-hydroxylation sites is 1. The molecule has 0 N–H and O–H groups in total. The molecule has 2 amide bonds. The standard InChI is InChI=1S/C24H16BrCl2NO4S/c1-31-20-10-15(17(25)12-21(20)32-13-14-6-8-16(26)9-7-14)11-22-23(29)28(24(30)33-22)19-5-3-2-4-18(19)27/h2-12H,13H2,1H3/b22-11-. The highest BCUT2D eigenvalue weighted by atomic mass is 79.9. The summed E-state index contributed by atoms with van der Waals surface area (Å²) in [4.78, 5) is 26.9. The molecule has 1 saturated heterocycles. The summed E-state index contributed by atoms with van der Waals surface area (Å²) in [5.41, 5.74) is 1.97. The van der Waals surface area contributed by atoms with E-state index in [0.717, 1.165) is 22.2 Å². The van der Waals surface area contributed by atoms with Gasteiger partial charge < -0.3 is 9.47 Å². The molecular weight excluding hydrogens is 549 g/mol. The number of anilines is 1. The van der Waals surface area contributed by atoms with Gasteiger partial charge in [-0.2, -0.15) is 0 Å². The number of carbonyl (C=O) groups excluding carboxylic acids is 2. The molecule has 1 heterocycles. The number of benzene rings is 3. The number of carbonyl (C=O) groups is 2. The van der Waals surface area contributed by atoms with Crippen molar-refractivity contribution >= 4 is 73.8 Å². The molecule has 9 heteroatoms. The van der Waals surface area contributed by atoms with E-state index in [1.807, 2.05) is 12.1 Å². The van der Waals surface area contributed by atoms with Crippen LogP contribution in [0.4, 0.5) is 10.5 Å². The van der Waals surface area contributed by atoms with Gasteiger partial charge in [0.25, 0.3) is 11.1 Å². The fraction of sp³-hybridized carbons (Fsp3) is 0.0833. The fourth-order valence-corrected chi connectivity index (χ4v) is 4.73. The summed E-state index contributed by atoms with van der Waals surface area (Å²) in [5.74, 6) is 0.580. The van der Waals surface area contributed by atoms with Crippen molar-refractivity contribution < 1.29 is 19.1 Å². The van der Waals surface area contributed by atoms with Crippen molar-refractivity contribution in [2.24, 2.45) is 0 Å². The van der Waals surface area contributed by atoms with E-state index < -0.39 is 11.1 Å². The summed E-state index contributed by atoms with van der Waals surface area (Å²) in [5, 5.41) is 0.568. The number of thioether (sulfide) groups is 1. The normalized spacial score (nSPS) is 14.8. The highest BCUT2D eigenvalue weighted by molar-refractivity contribution is 9.10. The van der Waals surface area contributed by atoms with Gasteiger partial charge in [0.05, 0.1) is 22.7 Å². The predicted octanol–water partition coefficient (Wildman–Crippen LogP) is 7.58. The maximum absolute atomic E-state index is 13.0. The minimum atomic E-state index is -0.438. The number of nitrogens with zero attached hydrogens (tertiary/aromatic N) is 1. The number of amides is 2. The second-order valence-electron chi connectivity index (χ2n) is 6.91. The number of rotatable bonds is 6. The van der Waals surface area contributed by atoms with Crippen molar-refractivity contribution in [1.82, 2.24) is 0 Å². The molecule has 0 bridgehead atoms.